The minimum atomic E-state index is -0.208. The molecule has 0 aliphatic heterocycles. The summed E-state index contributed by atoms with van der Waals surface area (Å²) >= 11 is 1.57. The number of rotatable bonds is 6. The standard InChI is InChI=1S/C22H27N5O2S/c1-14-15(2)23-22(25-21(14)29)27-19(13-17(26-27)18-9-6-12-30-18)24-20(28)11-10-16-7-4-3-5-8-16/h6,9,12-13,16H,3-5,7-8,10-11H2,1-2H3,(H,24,28)(H,23,25,29). The third kappa shape index (κ3) is 4.53. The summed E-state index contributed by atoms with van der Waals surface area (Å²) in [7, 11) is 0. The fraction of sp³-hybridized carbons (Fsp3) is 0.455. The summed E-state index contributed by atoms with van der Waals surface area (Å²) < 4.78 is 1.52. The number of anilines is 1. The average Bonchev–Trinajstić information content (AvgIpc) is 3.41. The first-order valence-electron chi connectivity index (χ1n) is 10.5. The molecule has 0 atom stereocenters. The van der Waals surface area contributed by atoms with Gasteiger partial charge in [-0.1, -0.05) is 38.2 Å². The highest BCUT2D eigenvalue weighted by Gasteiger charge is 2.19. The molecule has 0 unspecified atom stereocenters. The van der Waals surface area contributed by atoms with E-state index in [1.807, 2.05) is 23.6 Å². The van der Waals surface area contributed by atoms with Crippen LogP contribution in [0.25, 0.3) is 16.5 Å². The molecule has 0 bridgehead atoms. The van der Waals surface area contributed by atoms with Crippen molar-refractivity contribution in [1.82, 2.24) is 19.7 Å². The Labute approximate surface area is 179 Å². The van der Waals surface area contributed by atoms with Gasteiger partial charge < -0.3 is 5.32 Å². The molecule has 1 amide bonds. The van der Waals surface area contributed by atoms with Crippen molar-refractivity contribution in [2.45, 2.75) is 58.8 Å². The van der Waals surface area contributed by atoms with Crippen LogP contribution in [0.1, 0.15) is 56.2 Å². The lowest BCUT2D eigenvalue weighted by Crippen LogP contribution is -2.21. The van der Waals surface area contributed by atoms with Gasteiger partial charge in [0.2, 0.25) is 11.9 Å². The van der Waals surface area contributed by atoms with E-state index in [2.05, 4.69) is 20.4 Å². The highest BCUT2D eigenvalue weighted by atomic mass is 32.1. The van der Waals surface area contributed by atoms with Crippen LogP contribution in [0.15, 0.2) is 28.4 Å². The molecule has 1 fully saturated rings. The Morgan fingerprint density at radius 2 is 2.10 bits per heavy atom. The molecule has 158 valence electrons. The second-order valence-electron chi connectivity index (χ2n) is 7.99. The summed E-state index contributed by atoms with van der Waals surface area (Å²) in [6, 6.07) is 5.76. The number of hydrogen-bond acceptors (Lipinski definition) is 5. The Kier molecular flexibility index (Phi) is 6.13. The predicted molar refractivity (Wildman–Crippen MR) is 119 cm³/mol. The van der Waals surface area contributed by atoms with Gasteiger partial charge in [0, 0.05) is 23.7 Å². The summed E-state index contributed by atoms with van der Waals surface area (Å²) in [5.74, 6) is 1.42. The maximum absolute atomic E-state index is 12.7. The van der Waals surface area contributed by atoms with Crippen LogP contribution in [-0.4, -0.2) is 25.7 Å². The summed E-state index contributed by atoms with van der Waals surface area (Å²) in [4.78, 5) is 33.2. The molecular formula is C22H27N5O2S. The van der Waals surface area contributed by atoms with Gasteiger partial charge in [-0.15, -0.1) is 11.3 Å². The van der Waals surface area contributed by atoms with Gasteiger partial charge in [0.1, 0.15) is 11.5 Å². The molecule has 7 nitrogen and oxygen atoms in total. The molecule has 3 aromatic rings. The molecular weight excluding hydrogens is 398 g/mol. The molecule has 8 heteroatoms. The molecule has 1 aliphatic carbocycles. The number of thiophene rings is 1. The first kappa shape index (κ1) is 20.5. The zero-order valence-corrected chi connectivity index (χ0v) is 18.2. The number of carbonyl (C=O) groups is 1. The monoisotopic (exact) mass is 425 g/mol. The van der Waals surface area contributed by atoms with E-state index >= 15 is 0 Å². The van der Waals surface area contributed by atoms with Crippen LogP contribution in [0, 0.1) is 19.8 Å². The highest BCUT2D eigenvalue weighted by Crippen LogP contribution is 2.29. The second-order valence-corrected chi connectivity index (χ2v) is 8.94. The number of carbonyl (C=O) groups excluding carboxylic acids is 1. The SMILES string of the molecule is Cc1nc(-n2nc(-c3cccs3)cc2NC(=O)CCC2CCCCC2)[nH]c(=O)c1C. The van der Waals surface area contributed by atoms with Gasteiger partial charge in [0.25, 0.3) is 5.56 Å². The van der Waals surface area contributed by atoms with Crippen LogP contribution in [-0.2, 0) is 4.79 Å². The third-order valence-corrected chi connectivity index (χ3v) is 6.73. The minimum Gasteiger partial charge on any atom is -0.310 e. The minimum absolute atomic E-state index is 0.0365. The number of aromatic amines is 1. The van der Waals surface area contributed by atoms with Crippen molar-refractivity contribution in [3.05, 3.63) is 45.2 Å². The Hall–Kier alpha value is -2.74. The summed E-state index contributed by atoms with van der Waals surface area (Å²) in [6.07, 6.45) is 7.71. The molecule has 0 spiro atoms. The van der Waals surface area contributed by atoms with Crippen molar-refractivity contribution >= 4 is 23.1 Å². The summed E-state index contributed by atoms with van der Waals surface area (Å²) in [5.41, 5.74) is 1.73. The number of H-pyrrole nitrogens is 1. The van der Waals surface area contributed by atoms with Crippen molar-refractivity contribution in [3.8, 4) is 16.5 Å². The molecule has 2 N–H and O–H groups in total. The van der Waals surface area contributed by atoms with Crippen LogP contribution in [0.2, 0.25) is 0 Å². The number of aromatic nitrogens is 4. The summed E-state index contributed by atoms with van der Waals surface area (Å²) in [5, 5.41) is 9.59. The Morgan fingerprint density at radius 1 is 1.30 bits per heavy atom. The van der Waals surface area contributed by atoms with Crippen molar-refractivity contribution < 1.29 is 4.79 Å². The molecule has 0 radical (unpaired) electrons. The van der Waals surface area contributed by atoms with Crippen molar-refractivity contribution in [2.24, 2.45) is 5.92 Å². The van der Waals surface area contributed by atoms with Gasteiger partial charge >= 0.3 is 0 Å². The van der Waals surface area contributed by atoms with Crippen molar-refractivity contribution in [1.29, 1.82) is 0 Å². The number of nitrogens with zero attached hydrogens (tertiary/aromatic N) is 3. The zero-order valence-electron chi connectivity index (χ0n) is 17.4. The normalized spacial score (nSPS) is 14.7. The van der Waals surface area contributed by atoms with Gasteiger partial charge in [-0.3, -0.25) is 14.6 Å². The van der Waals surface area contributed by atoms with Crippen LogP contribution in [0.5, 0.6) is 0 Å². The molecule has 0 saturated heterocycles. The Balaban J connectivity index is 1.59. The molecule has 1 saturated carbocycles. The Morgan fingerprint density at radius 3 is 2.80 bits per heavy atom. The number of amides is 1. The lowest BCUT2D eigenvalue weighted by Gasteiger charge is -2.21. The number of aryl methyl sites for hydroxylation is 1. The third-order valence-electron chi connectivity index (χ3n) is 5.84. The van der Waals surface area contributed by atoms with E-state index in [0.29, 0.717) is 35.4 Å². The van der Waals surface area contributed by atoms with Gasteiger partial charge in [-0.2, -0.15) is 9.78 Å². The first-order valence-corrected chi connectivity index (χ1v) is 11.4. The average molecular weight is 426 g/mol. The van der Waals surface area contributed by atoms with Crippen LogP contribution >= 0.6 is 11.3 Å². The molecule has 0 aromatic carbocycles. The highest BCUT2D eigenvalue weighted by molar-refractivity contribution is 7.13. The van der Waals surface area contributed by atoms with E-state index in [1.165, 1.54) is 36.8 Å². The fourth-order valence-electron chi connectivity index (χ4n) is 3.92. The lowest BCUT2D eigenvalue weighted by molar-refractivity contribution is -0.116. The quantitative estimate of drug-likeness (QED) is 0.604. The fourth-order valence-corrected chi connectivity index (χ4v) is 4.60. The first-order chi connectivity index (χ1) is 14.5. The molecule has 30 heavy (non-hydrogen) atoms. The van der Waals surface area contributed by atoms with Crippen molar-refractivity contribution in [2.75, 3.05) is 5.32 Å². The lowest BCUT2D eigenvalue weighted by atomic mass is 9.86. The molecule has 1 aliphatic rings. The van der Waals surface area contributed by atoms with Crippen LogP contribution in [0.3, 0.4) is 0 Å². The van der Waals surface area contributed by atoms with E-state index < -0.39 is 0 Å². The molecule has 4 rings (SSSR count). The number of nitrogens with one attached hydrogen (secondary N) is 2. The predicted octanol–water partition coefficient (Wildman–Crippen LogP) is 4.60. The Bertz CT molecular complexity index is 1080. The van der Waals surface area contributed by atoms with E-state index in [9.17, 15) is 9.59 Å². The zero-order chi connectivity index (χ0) is 21.1. The van der Waals surface area contributed by atoms with Gasteiger partial charge in [-0.25, -0.2) is 4.98 Å². The molecule has 3 heterocycles. The van der Waals surface area contributed by atoms with E-state index in [4.69, 9.17) is 0 Å². The van der Waals surface area contributed by atoms with E-state index in [1.54, 1.807) is 25.2 Å². The largest absolute Gasteiger partial charge is 0.310 e. The molecule has 3 aromatic heterocycles. The summed E-state index contributed by atoms with van der Waals surface area (Å²) in [6.45, 7) is 3.53. The van der Waals surface area contributed by atoms with Crippen molar-refractivity contribution in [3.63, 3.8) is 0 Å². The topological polar surface area (TPSA) is 92.7 Å². The smallest absolute Gasteiger partial charge is 0.255 e. The maximum Gasteiger partial charge on any atom is 0.255 e. The van der Waals surface area contributed by atoms with Gasteiger partial charge in [0.15, 0.2) is 0 Å². The van der Waals surface area contributed by atoms with E-state index in [0.717, 1.165) is 17.0 Å². The van der Waals surface area contributed by atoms with Gasteiger partial charge in [0.05, 0.1) is 4.88 Å². The van der Waals surface area contributed by atoms with E-state index in [-0.39, 0.29) is 11.5 Å². The van der Waals surface area contributed by atoms with Crippen LogP contribution in [0.4, 0.5) is 5.82 Å². The maximum atomic E-state index is 12.7. The van der Waals surface area contributed by atoms with Crippen LogP contribution < -0.4 is 10.9 Å². The van der Waals surface area contributed by atoms with Gasteiger partial charge in [-0.05, 0) is 37.6 Å². The number of hydrogen-bond donors (Lipinski definition) is 2. The second kappa shape index (κ2) is 8.95.